The Kier molecular flexibility index (Phi) is 5.52. The highest BCUT2D eigenvalue weighted by molar-refractivity contribution is 7.89. The summed E-state index contributed by atoms with van der Waals surface area (Å²) < 4.78 is 39.9. The maximum absolute atomic E-state index is 12.9. The summed E-state index contributed by atoms with van der Waals surface area (Å²) in [5.74, 6) is 1.41. The lowest BCUT2D eigenvalue weighted by atomic mass is 9.97. The van der Waals surface area contributed by atoms with Gasteiger partial charge in [-0.05, 0) is 18.9 Å². The number of aromatic nitrogens is 2. The topological polar surface area (TPSA) is 73.7 Å². The molecule has 1 aromatic heterocycles. The molecule has 7 nitrogen and oxygen atoms in total. The zero-order valence-corrected chi connectivity index (χ0v) is 16.2. The standard InChI is InChI=1S/C18H25N3O4S/c1-4-9-20-13-15(11-19-20)26(22,23)21-10-8-14(12-21)16-6-5-7-17(24-2)18(16)25-3/h5-7,11,13-14H,4,8-10,12H2,1-3H3. The predicted octanol–water partition coefficient (Wildman–Crippen LogP) is 2.49. The summed E-state index contributed by atoms with van der Waals surface area (Å²) in [5, 5.41) is 4.15. The van der Waals surface area contributed by atoms with Crippen LogP contribution in [0, 0.1) is 0 Å². The van der Waals surface area contributed by atoms with E-state index in [2.05, 4.69) is 5.10 Å². The Morgan fingerprint density at radius 1 is 1.27 bits per heavy atom. The van der Waals surface area contributed by atoms with Crippen LogP contribution in [-0.4, -0.2) is 49.8 Å². The molecular weight excluding hydrogens is 354 g/mol. The van der Waals surface area contributed by atoms with Crippen molar-refractivity contribution in [2.45, 2.75) is 37.1 Å². The quantitative estimate of drug-likeness (QED) is 0.739. The van der Waals surface area contributed by atoms with Crippen LogP contribution in [-0.2, 0) is 16.6 Å². The highest BCUT2D eigenvalue weighted by Gasteiger charge is 2.35. The van der Waals surface area contributed by atoms with Crippen molar-refractivity contribution in [3.05, 3.63) is 36.2 Å². The van der Waals surface area contributed by atoms with Gasteiger partial charge >= 0.3 is 0 Å². The minimum Gasteiger partial charge on any atom is -0.493 e. The molecule has 2 aromatic rings. The summed E-state index contributed by atoms with van der Waals surface area (Å²) in [6.45, 7) is 3.64. The van der Waals surface area contributed by atoms with E-state index >= 15 is 0 Å². The molecule has 1 aromatic carbocycles. The molecule has 0 aliphatic carbocycles. The molecule has 1 atom stereocenters. The van der Waals surface area contributed by atoms with E-state index in [1.54, 1.807) is 25.1 Å². The van der Waals surface area contributed by atoms with Gasteiger partial charge in [0.15, 0.2) is 11.5 Å². The van der Waals surface area contributed by atoms with Gasteiger partial charge in [0.2, 0.25) is 10.0 Å². The van der Waals surface area contributed by atoms with Crippen LogP contribution >= 0.6 is 0 Å². The second-order valence-electron chi connectivity index (χ2n) is 6.37. The summed E-state index contributed by atoms with van der Waals surface area (Å²) in [5.41, 5.74) is 0.978. The van der Waals surface area contributed by atoms with Crippen LogP contribution < -0.4 is 9.47 Å². The van der Waals surface area contributed by atoms with Crippen molar-refractivity contribution >= 4 is 10.0 Å². The van der Waals surface area contributed by atoms with E-state index in [4.69, 9.17) is 9.47 Å². The fraction of sp³-hybridized carbons (Fsp3) is 0.500. The molecule has 0 saturated carbocycles. The first kappa shape index (κ1) is 18.7. The number of para-hydroxylation sites is 1. The molecule has 2 heterocycles. The van der Waals surface area contributed by atoms with Gasteiger partial charge in [0, 0.05) is 37.3 Å². The van der Waals surface area contributed by atoms with Crippen molar-refractivity contribution in [3.8, 4) is 11.5 Å². The summed E-state index contributed by atoms with van der Waals surface area (Å²) >= 11 is 0. The van der Waals surface area contributed by atoms with E-state index in [1.807, 2.05) is 25.1 Å². The summed E-state index contributed by atoms with van der Waals surface area (Å²) in [6, 6.07) is 5.72. The van der Waals surface area contributed by atoms with Gasteiger partial charge in [-0.1, -0.05) is 19.1 Å². The second kappa shape index (κ2) is 7.67. The number of aryl methyl sites for hydroxylation is 1. The molecule has 142 valence electrons. The summed E-state index contributed by atoms with van der Waals surface area (Å²) in [6.07, 6.45) is 4.69. The van der Waals surface area contributed by atoms with E-state index in [0.29, 0.717) is 31.1 Å². The van der Waals surface area contributed by atoms with Crippen LogP contribution in [0.15, 0.2) is 35.5 Å². The fourth-order valence-corrected chi connectivity index (χ4v) is 4.87. The number of rotatable bonds is 7. The van der Waals surface area contributed by atoms with Crippen LogP contribution in [0.4, 0.5) is 0 Å². The number of hydrogen-bond acceptors (Lipinski definition) is 5. The highest BCUT2D eigenvalue weighted by atomic mass is 32.2. The molecule has 1 saturated heterocycles. The number of ether oxygens (including phenoxy) is 2. The molecule has 0 N–H and O–H groups in total. The molecule has 8 heteroatoms. The number of benzene rings is 1. The number of hydrogen-bond donors (Lipinski definition) is 0. The normalized spacial score (nSPS) is 18.2. The Hall–Kier alpha value is -2.06. The van der Waals surface area contributed by atoms with Crippen molar-refractivity contribution in [2.75, 3.05) is 27.3 Å². The maximum atomic E-state index is 12.9. The van der Waals surface area contributed by atoms with Crippen LogP contribution in [0.1, 0.15) is 31.2 Å². The van der Waals surface area contributed by atoms with Gasteiger partial charge in [-0.2, -0.15) is 9.40 Å². The van der Waals surface area contributed by atoms with Gasteiger partial charge in [0.1, 0.15) is 4.90 Å². The molecule has 0 amide bonds. The molecule has 1 fully saturated rings. The summed E-state index contributed by atoms with van der Waals surface area (Å²) in [7, 11) is -0.332. The monoisotopic (exact) mass is 379 g/mol. The van der Waals surface area contributed by atoms with Gasteiger partial charge in [0.25, 0.3) is 0 Å². The molecule has 26 heavy (non-hydrogen) atoms. The Bertz CT molecular complexity index is 863. The molecular formula is C18H25N3O4S. The van der Waals surface area contributed by atoms with Crippen molar-refractivity contribution in [1.82, 2.24) is 14.1 Å². The largest absolute Gasteiger partial charge is 0.493 e. The third-order valence-electron chi connectivity index (χ3n) is 4.72. The van der Waals surface area contributed by atoms with E-state index < -0.39 is 10.0 Å². The molecule has 3 rings (SSSR count). The lowest BCUT2D eigenvalue weighted by molar-refractivity contribution is 0.349. The van der Waals surface area contributed by atoms with Crippen LogP contribution in [0.5, 0.6) is 11.5 Å². The number of sulfonamides is 1. The lowest BCUT2D eigenvalue weighted by Crippen LogP contribution is -2.28. The Balaban J connectivity index is 1.82. The van der Waals surface area contributed by atoms with Crippen molar-refractivity contribution < 1.29 is 17.9 Å². The minimum absolute atomic E-state index is 0.0699. The first-order valence-electron chi connectivity index (χ1n) is 8.74. The van der Waals surface area contributed by atoms with E-state index in [1.165, 1.54) is 10.5 Å². The van der Waals surface area contributed by atoms with E-state index in [-0.39, 0.29) is 10.8 Å². The van der Waals surface area contributed by atoms with E-state index in [0.717, 1.165) is 18.4 Å². The third kappa shape index (κ3) is 3.43. The molecule has 0 bridgehead atoms. The average Bonchev–Trinajstić information content (AvgIpc) is 3.31. The molecule has 0 radical (unpaired) electrons. The van der Waals surface area contributed by atoms with Gasteiger partial charge in [-0.3, -0.25) is 4.68 Å². The average molecular weight is 379 g/mol. The van der Waals surface area contributed by atoms with Crippen molar-refractivity contribution in [1.29, 1.82) is 0 Å². The van der Waals surface area contributed by atoms with E-state index in [9.17, 15) is 8.42 Å². The SMILES string of the molecule is CCCn1cc(S(=O)(=O)N2CCC(c3cccc(OC)c3OC)C2)cn1. The second-order valence-corrected chi connectivity index (χ2v) is 8.31. The predicted molar refractivity (Wildman–Crippen MR) is 98.2 cm³/mol. The zero-order chi connectivity index (χ0) is 18.7. The molecule has 0 spiro atoms. The number of methoxy groups -OCH3 is 2. The van der Waals surface area contributed by atoms with Gasteiger partial charge in [0.05, 0.1) is 20.4 Å². The van der Waals surface area contributed by atoms with Crippen molar-refractivity contribution in [3.63, 3.8) is 0 Å². The fourth-order valence-electron chi connectivity index (χ4n) is 3.41. The first-order valence-corrected chi connectivity index (χ1v) is 10.2. The Morgan fingerprint density at radius 3 is 2.77 bits per heavy atom. The Labute approximate surface area is 154 Å². The molecule has 1 aliphatic rings. The first-order chi connectivity index (χ1) is 12.5. The van der Waals surface area contributed by atoms with Crippen LogP contribution in [0.25, 0.3) is 0 Å². The zero-order valence-electron chi connectivity index (χ0n) is 15.4. The maximum Gasteiger partial charge on any atom is 0.246 e. The van der Waals surface area contributed by atoms with Gasteiger partial charge in [-0.25, -0.2) is 8.42 Å². The highest BCUT2D eigenvalue weighted by Crippen LogP contribution is 2.40. The number of nitrogens with zero attached hydrogens (tertiary/aromatic N) is 3. The third-order valence-corrected chi connectivity index (χ3v) is 6.54. The smallest absolute Gasteiger partial charge is 0.246 e. The summed E-state index contributed by atoms with van der Waals surface area (Å²) in [4.78, 5) is 0.254. The Morgan fingerprint density at radius 2 is 2.08 bits per heavy atom. The van der Waals surface area contributed by atoms with Crippen LogP contribution in [0.2, 0.25) is 0 Å². The van der Waals surface area contributed by atoms with Gasteiger partial charge < -0.3 is 9.47 Å². The van der Waals surface area contributed by atoms with Gasteiger partial charge in [-0.15, -0.1) is 0 Å². The minimum atomic E-state index is -3.53. The molecule has 1 unspecified atom stereocenters. The molecule has 1 aliphatic heterocycles. The lowest BCUT2D eigenvalue weighted by Gasteiger charge is -2.18. The van der Waals surface area contributed by atoms with Crippen molar-refractivity contribution in [2.24, 2.45) is 0 Å². The van der Waals surface area contributed by atoms with Crippen LogP contribution in [0.3, 0.4) is 0 Å².